The Kier molecular flexibility index (Phi) is 4.09. The third-order valence-corrected chi connectivity index (χ3v) is 3.90. The van der Waals surface area contributed by atoms with E-state index in [1.807, 2.05) is 30.2 Å². The van der Waals surface area contributed by atoms with Gasteiger partial charge in [-0.15, -0.1) is 11.7 Å². The van der Waals surface area contributed by atoms with E-state index in [-0.39, 0.29) is 11.9 Å². The second-order valence-electron chi connectivity index (χ2n) is 5.70. The molecule has 22 heavy (non-hydrogen) atoms. The fourth-order valence-corrected chi connectivity index (χ4v) is 2.77. The first-order chi connectivity index (χ1) is 10.7. The van der Waals surface area contributed by atoms with E-state index in [1.54, 1.807) is 10.6 Å². The molecular weight excluding hydrogens is 278 g/mol. The van der Waals surface area contributed by atoms with Crippen LogP contribution >= 0.6 is 0 Å². The number of aromatic nitrogens is 3. The van der Waals surface area contributed by atoms with Gasteiger partial charge in [-0.2, -0.15) is 0 Å². The molecule has 3 heterocycles. The van der Waals surface area contributed by atoms with Crippen molar-refractivity contribution in [3.05, 3.63) is 36.7 Å². The lowest BCUT2D eigenvalue weighted by atomic mass is 10.2. The topological polar surface area (TPSA) is 62.5 Å². The molecule has 0 radical (unpaired) electrons. The molecule has 1 aliphatic heterocycles. The molecule has 1 amide bonds. The molecule has 0 aromatic carbocycles. The van der Waals surface area contributed by atoms with Crippen molar-refractivity contribution < 1.29 is 4.79 Å². The second-order valence-corrected chi connectivity index (χ2v) is 5.70. The molecule has 1 atom stereocenters. The van der Waals surface area contributed by atoms with Crippen LogP contribution in [0.25, 0.3) is 5.65 Å². The lowest BCUT2D eigenvalue weighted by Gasteiger charge is -2.17. The Hall–Kier alpha value is -2.37. The number of imidazole rings is 1. The Morgan fingerprint density at radius 2 is 2.41 bits per heavy atom. The number of amides is 1. The minimum atomic E-state index is 0.206. The molecule has 3 rings (SSSR count). The molecule has 2 aromatic heterocycles. The van der Waals surface area contributed by atoms with Gasteiger partial charge >= 0.3 is 0 Å². The second kappa shape index (κ2) is 6.17. The number of anilines is 1. The van der Waals surface area contributed by atoms with E-state index < -0.39 is 0 Å². The van der Waals surface area contributed by atoms with Crippen LogP contribution in [0.15, 0.2) is 31.0 Å². The lowest BCUT2D eigenvalue weighted by molar-refractivity contribution is -0.130. The largest absolute Gasteiger partial charge is 0.364 e. The monoisotopic (exact) mass is 299 g/mol. The van der Waals surface area contributed by atoms with Crippen molar-refractivity contribution in [1.29, 1.82) is 0 Å². The Balaban J connectivity index is 1.61. The maximum absolute atomic E-state index is 12.0. The number of nitrogens with one attached hydrogen (secondary N) is 1. The highest BCUT2D eigenvalue weighted by Gasteiger charge is 2.25. The maximum atomic E-state index is 12.0. The number of nitrogens with zero attached hydrogens (tertiary/aromatic N) is 4. The molecule has 0 aliphatic carbocycles. The van der Waals surface area contributed by atoms with E-state index in [0.717, 1.165) is 43.1 Å². The standard InChI is InChI=1S/C16H21N5O/c1-3-4-5-16(22)20-9-8-13(11-20)18-14-6-7-15-17-12(2)10-21(15)19-14/h3,6-7,10,13H,1,4-5,8-9,11H2,2H3,(H,18,19). The molecule has 0 saturated carbocycles. The van der Waals surface area contributed by atoms with Gasteiger partial charge in [0.2, 0.25) is 5.91 Å². The van der Waals surface area contributed by atoms with Crippen molar-refractivity contribution in [2.24, 2.45) is 0 Å². The van der Waals surface area contributed by atoms with Crippen LogP contribution in [-0.4, -0.2) is 44.5 Å². The van der Waals surface area contributed by atoms with Crippen molar-refractivity contribution in [3.8, 4) is 0 Å². The van der Waals surface area contributed by atoms with E-state index in [9.17, 15) is 4.79 Å². The van der Waals surface area contributed by atoms with E-state index in [2.05, 4.69) is 22.0 Å². The molecule has 1 saturated heterocycles. The van der Waals surface area contributed by atoms with Crippen molar-refractivity contribution in [2.75, 3.05) is 18.4 Å². The summed E-state index contributed by atoms with van der Waals surface area (Å²) in [6.45, 7) is 7.15. The zero-order valence-corrected chi connectivity index (χ0v) is 12.8. The predicted molar refractivity (Wildman–Crippen MR) is 85.8 cm³/mol. The summed E-state index contributed by atoms with van der Waals surface area (Å²) >= 11 is 0. The van der Waals surface area contributed by atoms with E-state index in [0.29, 0.717) is 6.42 Å². The lowest BCUT2D eigenvalue weighted by Crippen LogP contribution is -2.31. The smallest absolute Gasteiger partial charge is 0.222 e. The van der Waals surface area contributed by atoms with Gasteiger partial charge in [-0.25, -0.2) is 9.50 Å². The van der Waals surface area contributed by atoms with Gasteiger partial charge in [0.25, 0.3) is 0 Å². The van der Waals surface area contributed by atoms with Crippen molar-refractivity contribution in [2.45, 2.75) is 32.2 Å². The Labute approximate surface area is 129 Å². The van der Waals surface area contributed by atoms with Gasteiger partial charge < -0.3 is 10.2 Å². The van der Waals surface area contributed by atoms with Gasteiger partial charge in [0.05, 0.1) is 11.9 Å². The van der Waals surface area contributed by atoms with Crippen LogP contribution in [0.5, 0.6) is 0 Å². The maximum Gasteiger partial charge on any atom is 0.222 e. The summed E-state index contributed by atoms with van der Waals surface area (Å²) in [7, 11) is 0. The molecule has 0 bridgehead atoms. The van der Waals surface area contributed by atoms with Gasteiger partial charge in [-0.05, 0) is 31.9 Å². The first-order valence-electron chi connectivity index (χ1n) is 7.64. The third-order valence-electron chi connectivity index (χ3n) is 3.90. The van der Waals surface area contributed by atoms with Crippen LogP contribution in [0.1, 0.15) is 25.0 Å². The van der Waals surface area contributed by atoms with Crippen molar-refractivity contribution in [1.82, 2.24) is 19.5 Å². The molecule has 1 fully saturated rings. The number of allylic oxidation sites excluding steroid dienone is 1. The summed E-state index contributed by atoms with van der Waals surface area (Å²) < 4.78 is 1.78. The number of carbonyl (C=O) groups excluding carboxylic acids is 1. The number of carbonyl (C=O) groups is 1. The Bertz CT molecular complexity index is 693. The van der Waals surface area contributed by atoms with E-state index >= 15 is 0 Å². The normalized spacial score (nSPS) is 17.9. The number of likely N-dealkylation sites (tertiary alicyclic amines) is 1. The average Bonchev–Trinajstić information content (AvgIpc) is 3.10. The number of rotatable bonds is 5. The predicted octanol–water partition coefficient (Wildman–Crippen LogP) is 2.02. The van der Waals surface area contributed by atoms with E-state index in [1.165, 1.54) is 0 Å². The van der Waals surface area contributed by atoms with Gasteiger partial charge in [0.1, 0.15) is 5.82 Å². The van der Waals surface area contributed by atoms with Crippen LogP contribution in [-0.2, 0) is 4.79 Å². The van der Waals surface area contributed by atoms with Gasteiger partial charge in [0, 0.05) is 25.6 Å². The van der Waals surface area contributed by atoms with Crippen LogP contribution < -0.4 is 5.32 Å². The number of fused-ring (bicyclic) bond motifs is 1. The molecule has 0 spiro atoms. The molecule has 6 heteroatoms. The summed E-state index contributed by atoms with van der Waals surface area (Å²) in [4.78, 5) is 18.3. The van der Waals surface area contributed by atoms with Crippen LogP contribution in [0.4, 0.5) is 5.82 Å². The third kappa shape index (κ3) is 3.10. The van der Waals surface area contributed by atoms with Gasteiger partial charge in [0.15, 0.2) is 5.65 Å². The van der Waals surface area contributed by atoms with Crippen molar-refractivity contribution in [3.63, 3.8) is 0 Å². The fraction of sp³-hybridized carbons (Fsp3) is 0.438. The quantitative estimate of drug-likeness (QED) is 0.858. The summed E-state index contributed by atoms with van der Waals surface area (Å²) in [5.41, 5.74) is 1.79. The first kappa shape index (κ1) is 14.6. The fourth-order valence-electron chi connectivity index (χ4n) is 2.77. The summed E-state index contributed by atoms with van der Waals surface area (Å²) in [5, 5.41) is 7.91. The molecule has 6 nitrogen and oxygen atoms in total. The highest BCUT2D eigenvalue weighted by atomic mass is 16.2. The SMILES string of the molecule is C=CCCC(=O)N1CCC(Nc2ccc3nc(C)cn3n2)C1. The summed E-state index contributed by atoms with van der Waals surface area (Å²) in [5.74, 6) is 1.02. The number of hydrogen-bond acceptors (Lipinski definition) is 4. The molecule has 1 aliphatic rings. The molecule has 1 unspecified atom stereocenters. The highest BCUT2D eigenvalue weighted by molar-refractivity contribution is 5.76. The minimum absolute atomic E-state index is 0.206. The summed E-state index contributed by atoms with van der Waals surface area (Å²) in [6.07, 6.45) is 5.93. The van der Waals surface area contributed by atoms with Crippen LogP contribution in [0, 0.1) is 6.92 Å². The van der Waals surface area contributed by atoms with E-state index in [4.69, 9.17) is 0 Å². The van der Waals surface area contributed by atoms with Gasteiger partial charge in [-0.1, -0.05) is 6.08 Å². The van der Waals surface area contributed by atoms with Gasteiger partial charge in [-0.3, -0.25) is 4.79 Å². The zero-order chi connectivity index (χ0) is 15.5. The number of aryl methyl sites for hydroxylation is 1. The first-order valence-corrected chi connectivity index (χ1v) is 7.64. The van der Waals surface area contributed by atoms with Crippen molar-refractivity contribution >= 4 is 17.4 Å². The molecule has 2 aromatic rings. The minimum Gasteiger partial charge on any atom is -0.364 e. The Morgan fingerprint density at radius 1 is 1.55 bits per heavy atom. The average molecular weight is 299 g/mol. The summed E-state index contributed by atoms with van der Waals surface area (Å²) in [6, 6.07) is 4.14. The molecule has 116 valence electrons. The highest BCUT2D eigenvalue weighted by Crippen LogP contribution is 2.16. The van der Waals surface area contributed by atoms with Crippen LogP contribution in [0.2, 0.25) is 0 Å². The van der Waals surface area contributed by atoms with Crippen LogP contribution in [0.3, 0.4) is 0 Å². The zero-order valence-electron chi connectivity index (χ0n) is 12.8. The number of hydrogen-bond donors (Lipinski definition) is 1. The Morgan fingerprint density at radius 3 is 3.23 bits per heavy atom. The molecular formula is C16H21N5O. The molecule has 1 N–H and O–H groups in total.